The number of nitrogens with one attached hydrogen (secondary N) is 1. The van der Waals surface area contributed by atoms with Crippen molar-refractivity contribution in [3.05, 3.63) is 77.1 Å². The zero-order chi connectivity index (χ0) is 17.2. The van der Waals surface area contributed by atoms with Gasteiger partial charge in [-0.3, -0.25) is 9.40 Å². The Hall–Kier alpha value is -2.31. The van der Waals surface area contributed by atoms with Gasteiger partial charge in [-0.05, 0) is 36.8 Å². The van der Waals surface area contributed by atoms with E-state index in [1.54, 1.807) is 42.1 Å². The van der Waals surface area contributed by atoms with E-state index in [-0.39, 0.29) is 4.90 Å². The predicted octanol–water partition coefficient (Wildman–Crippen LogP) is 3.69. The lowest BCUT2D eigenvalue weighted by Crippen LogP contribution is -2.13. The maximum Gasteiger partial charge on any atom is 0.265 e. The summed E-state index contributed by atoms with van der Waals surface area (Å²) in [6, 6.07) is 16.2. The summed E-state index contributed by atoms with van der Waals surface area (Å²) in [6.45, 7) is 2.19. The molecule has 0 aliphatic rings. The van der Waals surface area contributed by atoms with Gasteiger partial charge < -0.3 is 0 Å². The van der Waals surface area contributed by atoms with Crippen molar-refractivity contribution >= 4 is 27.3 Å². The summed E-state index contributed by atoms with van der Waals surface area (Å²) in [6.07, 6.45) is 1.54. The molecule has 1 N–H and O–H groups in total. The standard InChI is InChI=1S/C17H16ClN3O2S/c1-13-17(12-21(19-13)11-14-5-3-2-4-6-14)24(22,23)20-16-9-7-15(18)8-10-16/h2-10,12,20H,11H2,1H3. The summed E-state index contributed by atoms with van der Waals surface area (Å²) < 4.78 is 29.3. The first-order valence-corrected chi connectivity index (χ1v) is 9.16. The number of hydrogen-bond acceptors (Lipinski definition) is 3. The van der Waals surface area contributed by atoms with Gasteiger partial charge in [0.15, 0.2) is 0 Å². The summed E-state index contributed by atoms with van der Waals surface area (Å²) in [5.74, 6) is 0. The summed E-state index contributed by atoms with van der Waals surface area (Å²) in [4.78, 5) is 0.161. The van der Waals surface area contributed by atoms with E-state index in [4.69, 9.17) is 11.6 Å². The van der Waals surface area contributed by atoms with Gasteiger partial charge >= 0.3 is 0 Å². The molecule has 0 saturated heterocycles. The molecule has 0 radical (unpaired) electrons. The normalized spacial score (nSPS) is 11.4. The van der Waals surface area contributed by atoms with Crippen LogP contribution in [0.4, 0.5) is 5.69 Å². The number of rotatable bonds is 5. The molecule has 0 atom stereocenters. The van der Waals surface area contributed by atoms with Crippen molar-refractivity contribution < 1.29 is 8.42 Å². The van der Waals surface area contributed by atoms with E-state index in [2.05, 4.69) is 9.82 Å². The number of nitrogens with zero attached hydrogens (tertiary/aromatic N) is 2. The third-order valence-corrected chi connectivity index (χ3v) is 5.21. The largest absolute Gasteiger partial charge is 0.280 e. The third-order valence-electron chi connectivity index (χ3n) is 3.47. The van der Waals surface area contributed by atoms with Crippen LogP contribution < -0.4 is 4.72 Å². The molecule has 7 heteroatoms. The van der Waals surface area contributed by atoms with Crippen molar-refractivity contribution in [1.29, 1.82) is 0 Å². The molecule has 0 spiro atoms. The maximum atomic E-state index is 12.6. The van der Waals surface area contributed by atoms with Crippen LogP contribution in [0, 0.1) is 6.92 Å². The topological polar surface area (TPSA) is 64.0 Å². The van der Waals surface area contributed by atoms with Crippen LogP contribution in [-0.2, 0) is 16.6 Å². The van der Waals surface area contributed by atoms with Crippen LogP contribution in [-0.4, -0.2) is 18.2 Å². The van der Waals surface area contributed by atoms with Crippen LogP contribution in [0.5, 0.6) is 0 Å². The monoisotopic (exact) mass is 361 g/mol. The minimum atomic E-state index is -3.70. The van der Waals surface area contributed by atoms with Crippen LogP contribution in [0.15, 0.2) is 65.7 Å². The first kappa shape index (κ1) is 16.5. The van der Waals surface area contributed by atoms with E-state index in [1.807, 2.05) is 30.3 Å². The number of halogens is 1. The van der Waals surface area contributed by atoms with Crippen molar-refractivity contribution in [3.63, 3.8) is 0 Å². The van der Waals surface area contributed by atoms with E-state index in [9.17, 15) is 8.42 Å². The molecular weight excluding hydrogens is 346 g/mol. The van der Waals surface area contributed by atoms with Crippen LogP contribution in [0.3, 0.4) is 0 Å². The zero-order valence-corrected chi connectivity index (χ0v) is 14.6. The Balaban J connectivity index is 1.84. The Morgan fingerprint density at radius 1 is 1.08 bits per heavy atom. The van der Waals surface area contributed by atoms with E-state index < -0.39 is 10.0 Å². The van der Waals surface area contributed by atoms with Crippen LogP contribution in [0.1, 0.15) is 11.3 Å². The Labute approximate surface area is 145 Å². The Morgan fingerprint density at radius 2 is 1.75 bits per heavy atom. The number of aromatic nitrogens is 2. The molecule has 24 heavy (non-hydrogen) atoms. The molecule has 1 heterocycles. The highest BCUT2D eigenvalue weighted by Gasteiger charge is 2.20. The number of benzene rings is 2. The molecule has 2 aromatic carbocycles. The molecule has 3 rings (SSSR count). The minimum Gasteiger partial charge on any atom is -0.280 e. The smallest absolute Gasteiger partial charge is 0.265 e. The molecule has 3 aromatic rings. The van der Waals surface area contributed by atoms with E-state index in [0.29, 0.717) is 22.9 Å². The van der Waals surface area contributed by atoms with Gasteiger partial charge in [-0.1, -0.05) is 41.9 Å². The fraction of sp³-hybridized carbons (Fsp3) is 0.118. The van der Waals surface area contributed by atoms with Gasteiger partial charge in [0.2, 0.25) is 0 Å². The quantitative estimate of drug-likeness (QED) is 0.753. The molecule has 0 bridgehead atoms. The fourth-order valence-electron chi connectivity index (χ4n) is 2.34. The lowest BCUT2D eigenvalue weighted by molar-refractivity contribution is 0.600. The molecule has 0 aliphatic carbocycles. The molecule has 5 nitrogen and oxygen atoms in total. The van der Waals surface area contributed by atoms with Gasteiger partial charge in [-0.15, -0.1) is 0 Å². The van der Waals surface area contributed by atoms with Gasteiger partial charge in [0.1, 0.15) is 4.90 Å². The number of hydrogen-bond donors (Lipinski definition) is 1. The predicted molar refractivity (Wildman–Crippen MR) is 94.8 cm³/mol. The Morgan fingerprint density at radius 3 is 2.42 bits per heavy atom. The molecule has 0 unspecified atom stereocenters. The molecule has 0 saturated carbocycles. The van der Waals surface area contributed by atoms with Crippen LogP contribution in [0.25, 0.3) is 0 Å². The van der Waals surface area contributed by atoms with Gasteiger partial charge in [-0.25, -0.2) is 8.42 Å². The van der Waals surface area contributed by atoms with Gasteiger partial charge in [-0.2, -0.15) is 5.10 Å². The summed E-state index contributed by atoms with van der Waals surface area (Å²) in [5.41, 5.74) is 1.96. The minimum absolute atomic E-state index is 0.161. The molecule has 124 valence electrons. The zero-order valence-electron chi connectivity index (χ0n) is 13.0. The summed E-state index contributed by atoms with van der Waals surface area (Å²) >= 11 is 5.81. The van der Waals surface area contributed by atoms with Crippen molar-refractivity contribution in [2.75, 3.05) is 4.72 Å². The lowest BCUT2D eigenvalue weighted by atomic mass is 10.2. The molecular formula is C17H16ClN3O2S. The van der Waals surface area contributed by atoms with Crippen LogP contribution in [0.2, 0.25) is 5.02 Å². The fourth-order valence-corrected chi connectivity index (χ4v) is 3.72. The van der Waals surface area contributed by atoms with Crippen LogP contribution >= 0.6 is 11.6 Å². The number of anilines is 1. The van der Waals surface area contributed by atoms with E-state index >= 15 is 0 Å². The van der Waals surface area contributed by atoms with Gasteiger partial charge in [0.05, 0.1) is 12.2 Å². The van der Waals surface area contributed by atoms with E-state index in [0.717, 1.165) is 5.56 Å². The SMILES string of the molecule is Cc1nn(Cc2ccccc2)cc1S(=O)(=O)Nc1ccc(Cl)cc1. The number of sulfonamides is 1. The van der Waals surface area contributed by atoms with Crippen molar-refractivity contribution in [3.8, 4) is 0 Å². The van der Waals surface area contributed by atoms with Crippen molar-refractivity contribution in [1.82, 2.24) is 9.78 Å². The third kappa shape index (κ3) is 3.77. The van der Waals surface area contributed by atoms with Crippen molar-refractivity contribution in [2.45, 2.75) is 18.4 Å². The second kappa shape index (κ2) is 6.67. The Kier molecular flexibility index (Phi) is 4.59. The summed E-state index contributed by atoms with van der Waals surface area (Å²) in [5, 5.41) is 4.85. The average molecular weight is 362 g/mol. The lowest BCUT2D eigenvalue weighted by Gasteiger charge is -2.06. The molecule has 0 aliphatic heterocycles. The second-order valence-electron chi connectivity index (χ2n) is 5.37. The maximum absolute atomic E-state index is 12.6. The highest BCUT2D eigenvalue weighted by Crippen LogP contribution is 2.20. The first-order valence-electron chi connectivity index (χ1n) is 7.30. The molecule has 0 amide bonds. The summed E-state index contributed by atoms with van der Waals surface area (Å²) in [7, 11) is -3.70. The Bertz CT molecular complexity index is 936. The van der Waals surface area contributed by atoms with Crippen molar-refractivity contribution in [2.24, 2.45) is 0 Å². The highest BCUT2D eigenvalue weighted by molar-refractivity contribution is 7.92. The highest BCUT2D eigenvalue weighted by atomic mass is 35.5. The van der Waals surface area contributed by atoms with Gasteiger partial charge in [0.25, 0.3) is 10.0 Å². The molecule has 1 aromatic heterocycles. The number of aryl methyl sites for hydroxylation is 1. The van der Waals surface area contributed by atoms with E-state index in [1.165, 1.54) is 0 Å². The van der Waals surface area contributed by atoms with Gasteiger partial charge in [0, 0.05) is 16.9 Å². The first-order chi connectivity index (χ1) is 11.4. The average Bonchev–Trinajstić information content (AvgIpc) is 2.92. The molecule has 0 fully saturated rings. The second-order valence-corrected chi connectivity index (χ2v) is 7.46.